The maximum atomic E-state index is 12.2. The van der Waals surface area contributed by atoms with Crippen molar-refractivity contribution in [1.29, 1.82) is 0 Å². The molecule has 2 aromatic rings. The van der Waals surface area contributed by atoms with Crippen molar-refractivity contribution >= 4 is 12.0 Å². The van der Waals surface area contributed by atoms with Crippen LogP contribution in [-0.2, 0) is 4.74 Å². The summed E-state index contributed by atoms with van der Waals surface area (Å²) in [5.74, 6) is 1.60. The van der Waals surface area contributed by atoms with E-state index in [0.29, 0.717) is 23.4 Å². The smallest absolute Gasteiger partial charge is 0.408 e. The molecule has 150 valence electrons. The van der Waals surface area contributed by atoms with E-state index < -0.39 is 17.7 Å². The average molecular weight is 387 g/mol. The van der Waals surface area contributed by atoms with Gasteiger partial charge in [0.1, 0.15) is 17.6 Å². The normalized spacial score (nSPS) is 15.0. The van der Waals surface area contributed by atoms with Gasteiger partial charge in [-0.1, -0.05) is 0 Å². The Morgan fingerprint density at radius 1 is 1.29 bits per heavy atom. The molecule has 10 heteroatoms. The standard InChI is InChI=1S/C18H25N7O3/c1-10(22-17(27)28-18(2,3)4)15-23-14(11-6-7-11)24-25(15)13-8-12(16(26)19-5)20-9-21-13/h8-11H,6-7H2,1-5H3,(H,19,26)(H,22,27)/t10-/m0/s1. The van der Waals surface area contributed by atoms with Crippen LogP contribution in [0.5, 0.6) is 0 Å². The van der Waals surface area contributed by atoms with Gasteiger partial charge < -0.3 is 15.4 Å². The first-order valence-electron chi connectivity index (χ1n) is 9.19. The van der Waals surface area contributed by atoms with Crippen molar-refractivity contribution in [2.24, 2.45) is 0 Å². The molecule has 0 spiro atoms. The van der Waals surface area contributed by atoms with E-state index in [1.165, 1.54) is 19.4 Å². The molecule has 28 heavy (non-hydrogen) atoms. The molecule has 0 saturated heterocycles. The molecule has 1 atom stereocenters. The Morgan fingerprint density at radius 2 is 2.00 bits per heavy atom. The lowest BCUT2D eigenvalue weighted by Crippen LogP contribution is -2.35. The van der Waals surface area contributed by atoms with E-state index in [4.69, 9.17) is 4.74 Å². The molecule has 10 nitrogen and oxygen atoms in total. The van der Waals surface area contributed by atoms with Crippen LogP contribution in [0.4, 0.5) is 4.79 Å². The molecule has 2 amide bonds. The van der Waals surface area contributed by atoms with Gasteiger partial charge >= 0.3 is 6.09 Å². The summed E-state index contributed by atoms with van der Waals surface area (Å²) in [4.78, 5) is 36.9. The second-order valence-corrected chi connectivity index (χ2v) is 7.72. The molecule has 2 N–H and O–H groups in total. The number of rotatable bonds is 5. The van der Waals surface area contributed by atoms with Crippen molar-refractivity contribution in [3.05, 3.63) is 29.7 Å². The largest absolute Gasteiger partial charge is 0.444 e. The third-order valence-electron chi connectivity index (χ3n) is 4.04. The molecule has 0 bridgehead atoms. The van der Waals surface area contributed by atoms with Crippen molar-refractivity contribution in [2.75, 3.05) is 7.05 Å². The van der Waals surface area contributed by atoms with Crippen molar-refractivity contribution in [1.82, 2.24) is 35.4 Å². The third kappa shape index (κ3) is 4.62. The maximum Gasteiger partial charge on any atom is 0.408 e. The SMILES string of the molecule is CNC(=O)c1cc(-n2nc(C3CC3)nc2[C@H](C)NC(=O)OC(C)(C)C)ncn1. The fourth-order valence-corrected chi connectivity index (χ4v) is 2.57. The van der Waals surface area contributed by atoms with E-state index >= 15 is 0 Å². The summed E-state index contributed by atoms with van der Waals surface area (Å²) in [6.07, 6.45) is 2.82. The number of aromatic nitrogens is 5. The maximum absolute atomic E-state index is 12.2. The Hall–Kier alpha value is -3.04. The Kier molecular flexibility index (Phi) is 5.30. The Bertz CT molecular complexity index is 884. The van der Waals surface area contributed by atoms with Gasteiger partial charge in [0.05, 0.1) is 6.04 Å². The molecule has 1 fully saturated rings. The van der Waals surface area contributed by atoms with Crippen LogP contribution in [0.2, 0.25) is 0 Å². The fraction of sp³-hybridized carbons (Fsp3) is 0.556. The van der Waals surface area contributed by atoms with Crippen LogP contribution in [0.15, 0.2) is 12.4 Å². The molecule has 3 rings (SSSR count). The van der Waals surface area contributed by atoms with Crippen LogP contribution in [0.3, 0.4) is 0 Å². The van der Waals surface area contributed by atoms with Gasteiger partial charge in [-0.15, -0.1) is 5.10 Å². The van der Waals surface area contributed by atoms with Gasteiger partial charge in [0, 0.05) is 19.0 Å². The van der Waals surface area contributed by atoms with Gasteiger partial charge in [0.2, 0.25) is 0 Å². The number of hydrogen-bond donors (Lipinski definition) is 2. The minimum atomic E-state index is -0.605. The molecule has 2 heterocycles. The summed E-state index contributed by atoms with van der Waals surface area (Å²) in [7, 11) is 1.53. The highest BCUT2D eigenvalue weighted by Crippen LogP contribution is 2.38. The predicted octanol–water partition coefficient (Wildman–Crippen LogP) is 1.88. The monoisotopic (exact) mass is 387 g/mol. The average Bonchev–Trinajstić information content (AvgIpc) is 3.37. The molecule has 0 radical (unpaired) electrons. The number of carbonyl (C=O) groups is 2. The molecule has 1 aliphatic rings. The highest BCUT2D eigenvalue weighted by Gasteiger charge is 2.31. The molecule has 0 unspecified atom stereocenters. The van der Waals surface area contributed by atoms with Crippen LogP contribution in [0, 0.1) is 0 Å². The number of alkyl carbamates (subject to hydrolysis) is 1. The molecule has 0 aliphatic heterocycles. The quantitative estimate of drug-likeness (QED) is 0.802. The molecule has 1 saturated carbocycles. The van der Waals surface area contributed by atoms with E-state index in [1.807, 2.05) is 0 Å². The van der Waals surface area contributed by atoms with Gasteiger partial charge in [-0.3, -0.25) is 4.79 Å². The van der Waals surface area contributed by atoms with Crippen LogP contribution in [0.1, 0.15) is 74.6 Å². The Balaban J connectivity index is 1.91. The van der Waals surface area contributed by atoms with Crippen LogP contribution in [0.25, 0.3) is 5.82 Å². The lowest BCUT2D eigenvalue weighted by atomic mass is 10.2. The molecule has 2 aromatic heterocycles. The lowest BCUT2D eigenvalue weighted by molar-refractivity contribution is 0.0505. The molecular weight excluding hydrogens is 362 g/mol. The Labute approximate surface area is 163 Å². The van der Waals surface area contributed by atoms with E-state index in [1.54, 1.807) is 32.4 Å². The minimum absolute atomic E-state index is 0.217. The van der Waals surface area contributed by atoms with E-state index in [2.05, 4.69) is 30.7 Å². The number of amides is 2. The first-order chi connectivity index (χ1) is 13.2. The van der Waals surface area contributed by atoms with E-state index in [0.717, 1.165) is 12.8 Å². The Morgan fingerprint density at radius 3 is 2.61 bits per heavy atom. The summed E-state index contributed by atoms with van der Waals surface area (Å²) in [5, 5.41) is 9.87. The number of nitrogens with one attached hydrogen (secondary N) is 2. The zero-order valence-electron chi connectivity index (χ0n) is 16.7. The number of ether oxygens (including phenoxy) is 1. The van der Waals surface area contributed by atoms with Crippen molar-refractivity contribution in [3.8, 4) is 5.82 Å². The second kappa shape index (κ2) is 7.53. The van der Waals surface area contributed by atoms with Crippen molar-refractivity contribution < 1.29 is 14.3 Å². The second-order valence-electron chi connectivity index (χ2n) is 7.72. The third-order valence-corrected chi connectivity index (χ3v) is 4.04. The molecule has 1 aliphatic carbocycles. The van der Waals surface area contributed by atoms with Crippen LogP contribution in [-0.4, -0.2) is 49.4 Å². The van der Waals surface area contributed by atoms with Gasteiger partial charge in [-0.25, -0.2) is 19.7 Å². The molecule has 0 aromatic carbocycles. The zero-order valence-corrected chi connectivity index (χ0v) is 16.7. The highest BCUT2D eigenvalue weighted by molar-refractivity contribution is 5.92. The first kappa shape index (κ1) is 19.7. The summed E-state index contributed by atoms with van der Waals surface area (Å²) in [6.45, 7) is 7.19. The highest BCUT2D eigenvalue weighted by atomic mass is 16.6. The summed E-state index contributed by atoms with van der Waals surface area (Å²) in [5.41, 5.74) is -0.388. The zero-order chi connectivity index (χ0) is 20.5. The lowest BCUT2D eigenvalue weighted by Gasteiger charge is -2.21. The van der Waals surface area contributed by atoms with Gasteiger partial charge in [-0.2, -0.15) is 4.68 Å². The van der Waals surface area contributed by atoms with Crippen molar-refractivity contribution in [3.63, 3.8) is 0 Å². The van der Waals surface area contributed by atoms with Crippen LogP contribution < -0.4 is 10.6 Å². The summed E-state index contributed by atoms with van der Waals surface area (Å²) in [6, 6.07) is 1.06. The van der Waals surface area contributed by atoms with E-state index in [-0.39, 0.29) is 11.6 Å². The topological polar surface area (TPSA) is 124 Å². The van der Waals surface area contributed by atoms with Gasteiger partial charge in [0.25, 0.3) is 5.91 Å². The van der Waals surface area contributed by atoms with Gasteiger partial charge in [0.15, 0.2) is 17.5 Å². The summed E-state index contributed by atoms with van der Waals surface area (Å²) < 4.78 is 6.87. The number of nitrogens with zero attached hydrogens (tertiary/aromatic N) is 5. The number of carbonyl (C=O) groups excluding carboxylic acids is 2. The predicted molar refractivity (Wildman–Crippen MR) is 100 cm³/mol. The minimum Gasteiger partial charge on any atom is -0.444 e. The van der Waals surface area contributed by atoms with Gasteiger partial charge in [-0.05, 0) is 40.5 Å². The van der Waals surface area contributed by atoms with E-state index in [9.17, 15) is 9.59 Å². The number of hydrogen-bond acceptors (Lipinski definition) is 7. The fourth-order valence-electron chi connectivity index (χ4n) is 2.57. The van der Waals surface area contributed by atoms with Crippen molar-refractivity contribution in [2.45, 2.75) is 58.1 Å². The molecular formula is C18H25N7O3. The summed E-state index contributed by atoms with van der Waals surface area (Å²) >= 11 is 0. The first-order valence-corrected chi connectivity index (χ1v) is 9.19. The van der Waals surface area contributed by atoms with Crippen LogP contribution >= 0.6 is 0 Å².